The van der Waals surface area contributed by atoms with E-state index in [2.05, 4.69) is 10.3 Å². The van der Waals surface area contributed by atoms with Crippen molar-refractivity contribution in [3.05, 3.63) is 82.4 Å². The van der Waals surface area contributed by atoms with E-state index in [-0.39, 0.29) is 5.91 Å². The fourth-order valence-electron chi connectivity index (χ4n) is 2.76. The number of aromatic nitrogens is 1. The number of hydrogen-bond donors (Lipinski definition) is 1. The van der Waals surface area contributed by atoms with Crippen molar-refractivity contribution in [2.45, 2.75) is 13.8 Å². The first kappa shape index (κ1) is 17.3. The summed E-state index contributed by atoms with van der Waals surface area (Å²) in [5.74, 6) is 0.331. The number of carbonyl (C=O) groups excluding carboxylic acids is 1. The number of aryl methyl sites for hydroxylation is 2. The Labute approximate surface area is 161 Å². The molecule has 4 rings (SSSR count). The highest BCUT2D eigenvalue weighted by atomic mass is 35.5. The highest BCUT2D eigenvalue weighted by Crippen LogP contribution is 2.29. The molecule has 0 saturated carbocycles. The number of carbonyl (C=O) groups is 1. The summed E-state index contributed by atoms with van der Waals surface area (Å²) < 4.78 is 5.82. The minimum Gasteiger partial charge on any atom is -0.436 e. The number of nitrogens with zero attached hydrogens (tertiary/aromatic N) is 1. The Morgan fingerprint density at radius 1 is 1.00 bits per heavy atom. The van der Waals surface area contributed by atoms with Crippen LogP contribution in [-0.2, 0) is 0 Å². The first-order chi connectivity index (χ1) is 13.0. The van der Waals surface area contributed by atoms with Gasteiger partial charge in [0.05, 0.1) is 0 Å². The third-order valence-corrected chi connectivity index (χ3v) is 4.79. The number of hydrogen-bond acceptors (Lipinski definition) is 3. The lowest BCUT2D eigenvalue weighted by atomic mass is 10.1. The van der Waals surface area contributed by atoms with Gasteiger partial charge in [0.15, 0.2) is 5.58 Å². The maximum absolute atomic E-state index is 12.4. The second kappa shape index (κ2) is 6.89. The van der Waals surface area contributed by atoms with Gasteiger partial charge in [0.2, 0.25) is 5.89 Å². The predicted molar refractivity (Wildman–Crippen MR) is 108 cm³/mol. The number of oxazole rings is 1. The van der Waals surface area contributed by atoms with Crippen molar-refractivity contribution in [3.8, 4) is 11.5 Å². The molecule has 0 bridgehead atoms. The lowest BCUT2D eigenvalue weighted by molar-refractivity contribution is 0.102. The van der Waals surface area contributed by atoms with Crippen LogP contribution < -0.4 is 5.32 Å². The fourth-order valence-corrected chi connectivity index (χ4v) is 2.94. The van der Waals surface area contributed by atoms with Gasteiger partial charge < -0.3 is 9.73 Å². The zero-order valence-corrected chi connectivity index (χ0v) is 15.7. The van der Waals surface area contributed by atoms with E-state index in [1.54, 1.807) is 30.3 Å². The molecule has 5 heteroatoms. The largest absolute Gasteiger partial charge is 0.436 e. The molecule has 4 nitrogen and oxygen atoms in total. The average molecular weight is 377 g/mol. The molecule has 0 unspecified atom stereocenters. The first-order valence-electron chi connectivity index (χ1n) is 8.55. The monoisotopic (exact) mass is 376 g/mol. The molecule has 1 N–H and O–H groups in total. The van der Waals surface area contributed by atoms with Crippen molar-refractivity contribution in [3.63, 3.8) is 0 Å². The van der Waals surface area contributed by atoms with Gasteiger partial charge in [-0.1, -0.05) is 35.4 Å². The molecule has 1 amide bonds. The van der Waals surface area contributed by atoms with Gasteiger partial charge in [0, 0.05) is 21.8 Å². The first-order valence-corrected chi connectivity index (χ1v) is 8.92. The van der Waals surface area contributed by atoms with Crippen molar-refractivity contribution < 1.29 is 9.21 Å². The lowest BCUT2D eigenvalue weighted by Crippen LogP contribution is -2.11. The molecular weight excluding hydrogens is 360 g/mol. The summed E-state index contributed by atoms with van der Waals surface area (Å²) in [4.78, 5) is 16.9. The number of nitrogens with one attached hydrogen (secondary N) is 1. The number of amides is 1. The molecule has 0 aliphatic rings. The highest BCUT2D eigenvalue weighted by molar-refractivity contribution is 6.31. The van der Waals surface area contributed by atoms with Crippen LogP contribution in [0.5, 0.6) is 0 Å². The highest BCUT2D eigenvalue weighted by Gasteiger charge is 2.12. The summed E-state index contributed by atoms with van der Waals surface area (Å²) in [6.45, 7) is 3.93. The van der Waals surface area contributed by atoms with Crippen molar-refractivity contribution >= 4 is 34.3 Å². The van der Waals surface area contributed by atoms with E-state index in [1.165, 1.54) is 0 Å². The molecule has 134 valence electrons. The summed E-state index contributed by atoms with van der Waals surface area (Å²) in [5, 5.41) is 3.56. The van der Waals surface area contributed by atoms with Gasteiger partial charge >= 0.3 is 0 Å². The van der Waals surface area contributed by atoms with Crippen molar-refractivity contribution in [1.29, 1.82) is 0 Å². The Morgan fingerprint density at radius 2 is 1.78 bits per heavy atom. The van der Waals surface area contributed by atoms with E-state index in [9.17, 15) is 4.79 Å². The fraction of sp³-hybridized carbons (Fsp3) is 0.0909. The van der Waals surface area contributed by atoms with Crippen LogP contribution in [0.1, 0.15) is 21.5 Å². The lowest BCUT2D eigenvalue weighted by Gasteiger charge is -2.05. The summed E-state index contributed by atoms with van der Waals surface area (Å²) in [6, 6.07) is 18.5. The second-order valence-electron chi connectivity index (χ2n) is 6.49. The molecule has 0 aliphatic carbocycles. The minimum absolute atomic E-state index is 0.164. The van der Waals surface area contributed by atoms with E-state index in [0.717, 1.165) is 16.7 Å². The third kappa shape index (κ3) is 3.57. The zero-order chi connectivity index (χ0) is 19.0. The molecule has 0 saturated heterocycles. The van der Waals surface area contributed by atoms with Gasteiger partial charge in [-0.3, -0.25) is 4.79 Å². The Morgan fingerprint density at radius 3 is 2.52 bits per heavy atom. The number of anilines is 1. The topological polar surface area (TPSA) is 55.1 Å². The molecule has 0 aliphatic heterocycles. The molecule has 0 fully saturated rings. The molecule has 1 aromatic heterocycles. The van der Waals surface area contributed by atoms with Crippen LogP contribution in [0.25, 0.3) is 22.6 Å². The van der Waals surface area contributed by atoms with Crippen LogP contribution in [-0.4, -0.2) is 10.9 Å². The van der Waals surface area contributed by atoms with Crippen LogP contribution in [0.3, 0.4) is 0 Å². The summed E-state index contributed by atoms with van der Waals surface area (Å²) in [7, 11) is 0. The Kier molecular flexibility index (Phi) is 4.42. The molecule has 27 heavy (non-hydrogen) atoms. The van der Waals surface area contributed by atoms with Crippen LogP contribution in [0.15, 0.2) is 65.1 Å². The van der Waals surface area contributed by atoms with Gasteiger partial charge in [0.1, 0.15) is 5.52 Å². The van der Waals surface area contributed by atoms with Gasteiger partial charge in [0.25, 0.3) is 5.91 Å². The maximum atomic E-state index is 12.4. The van der Waals surface area contributed by atoms with Gasteiger partial charge in [-0.05, 0) is 61.9 Å². The normalized spacial score (nSPS) is 10.9. The van der Waals surface area contributed by atoms with E-state index < -0.39 is 0 Å². The molecule has 1 heterocycles. The van der Waals surface area contributed by atoms with Crippen molar-refractivity contribution in [1.82, 2.24) is 4.98 Å². The minimum atomic E-state index is -0.164. The molecule has 0 spiro atoms. The Bertz CT molecular complexity index is 1150. The van der Waals surface area contributed by atoms with E-state index in [0.29, 0.717) is 33.3 Å². The van der Waals surface area contributed by atoms with Gasteiger partial charge in [-0.15, -0.1) is 0 Å². The van der Waals surface area contributed by atoms with Crippen LogP contribution in [0.2, 0.25) is 5.02 Å². The zero-order valence-electron chi connectivity index (χ0n) is 14.9. The Balaban J connectivity index is 1.61. The third-order valence-electron chi connectivity index (χ3n) is 4.38. The standard InChI is InChI=1S/C22H17ClN2O2/c1-13-3-6-15(7-4-13)21(26)24-17-9-10-20-19(12-17)25-22(27-20)16-8-5-14(2)18(23)11-16/h3-12H,1-2H3,(H,24,26). The maximum Gasteiger partial charge on any atom is 0.255 e. The molecular formula is C22H17ClN2O2. The van der Waals surface area contributed by atoms with Crippen LogP contribution in [0.4, 0.5) is 5.69 Å². The molecule has 0 atom stereocenters. The van der Waals surface area contributed by atoms with E-state index in [4.69, 9.17) is 16.0 Å². The van der Waals surface area contributed by atoms with Crippen molar-refractivity contribution in [2.24, 2.45) is 0 Å². The van der Waals surface area contributed by atoms with E-state index in [1.807, 2.05) is 44.2 Å². The van der Waals surface area contributed by atoms with Crippen LogP contribution in [0, 0.1) is 13.8 Å². The number of fused-ring (bicyclic) bond motifs is 1. The predicted octanol–water partition coefficient (Wildman–Crippen LogP) is 6.02. The molecule has 0 radical (unpaired) electrons. The summed E-state index contributed by atoms with van der Waals surface area (Å²) >= 11 is 6.20. The molecule has 3 aromatic carbocycles. The number of rotatable bonds is 3. The number of halogens is 1. The smallest absolute Gasteiger partial charge is 0.255 e. The average Bonchev–Trinajstić information content (AvgIpc) is 3.08. The number of benzene rings is 3. The van der Waals surface area contributed by atoms with Gasteiger partial charge in [-0.25, -0.2) is 4.98 Å². The molecule has 4 aromatic rings. The van der Waals surface area contributed by atoms with Gasteiger partial charge in [-0.2, -0.15) is 0 Å². The SMILES string of the molecule is Cc1ccc(C(=O)Nc2ccc3oc(-c4ccc(C)c(Cl)c4)nc3c2)cc1. The van der Waals surface area contributed by atoms with E-state index >= 15 is 0 Å². The summed E-state index contributed by atoms with van der Waals surface area (Å²) in [5.41, 5.74) is 5.51. The second-order valence-corrected chi connectivity index (χ2v) is 6.89. The van der Waals surface area contributed by atoms with Crippen molar-refractivity contribution in [2.75, 3.05) is 5.32 Å². The Hall–Kier alpha value is -3.11. The quantitative estimate of drug-likeness (QED) is 0.475. The van der Waals surface area contributed by atoms with Crippen LogP contribution >= 0.6 is 11.6 Å². The summed E-state index contributed by atoms with van der Waals surface area (Å²) in [6.07, 6.45) is 0.